The van der Waals surface area contributed by atoms with E-state index in [2.05, 4.69) is 11.6 Å². The van der Waals surface area contributed by atoms with Crippen molar-refractivity contribution in [2.75, 3.05) is 6.61 Å². The smallest absolute Gasteiger partial charge is 0.125 e. The van der Waals surface area contributed by atoms with Gasteiger partial charge in [-0.3, -0.25) is 4.98 Å². The second kappa shape index (κ2) is 7.35. The molecule has 1 heterocycles. The fourth-order valence-electron chi connectivity index (χ4n) is 0.771. The van der Waals surface area contributed by atoms with Crippen molar-refractivity contribution in [3.8, 4) is 5.75 Å². The molecule has 72 valence electrons. The van der Waals surface area contributed by atoms with Crippen LogP contribution in [0.5, 0.6) is 5.75 Å². The standard InChI is InChI=1S/C9H11NO.C2H6/c1-3-6-11-9-4-5-10-7-8(9)2;1-2/h3-5,7H,1,6H2,2H3;1-2H3. The van der Waals surface area contributed by atoms with Gasteiger partial charge < -0.3 is 4.74 Å². The summed E-state index contributed by atoms with van der Waals surface area (Å²) in [4.78, 5) is 3.95. The topological polar surface area (TPSA) is 22.1 Å². The zero-order chi connectivity index (χ0) is 10.1. The zero-order valence-electron chi connectivity index (χ0n) is 8.58. The van der Waals surface area contributed by atoms with Crippen molar-refractivity contribution in [1.29, 1.82) is 0 Å². The molecule has 2 nitrogen and oxygen atoms in total. The van der Waals surface area contributed by atoms with Crippen LogP contribution >= 0.6 is 0 Å². The van der Waals surface area contributed by atoms with E-state index >= 15 is 0 Å². The first-order chi connectivity index (χ1) is 6.34. The first-order valence-corrected chi connectivity index (χ1v) is 4.49. The third-order valence-electron chi connectivity index (χ3n) is 1.33. The molecule has 0 bridgehead atoms. The van der Waals surface area contributed by atoms with Gasteiger partial charge in [0.1, 0.15) is 12.4 Å². The molecule has 1 aromatic heterocycles. The number of pyridine rings is 1. The highest BCUT2D eigenvalue weighted by Gasteiger charge is 1.94. The average molecular weight is 179 g/mol. The third kappa shape index (κ3) is 4.31. The first kappa shape index (κ1) is 11.7. The van der Waals surface area contributed by atoms with Gasteiger partial charge in [0.05, 0.1) is 0 Å². The number of nitrogens with zero attached hydrogens (tertiary/aromatic N) is 1. The molecule has 0 spiro atoms. The van der Waals surface area contributed by atoms with Crippen LogP contribution in [0.15, 0.2) is 31.1 Å². The highest BCUT2D eigenvalue weighted by molar-refractivity contribution is 5.28. The Morgan fingerprint density at radius 3 is 2.77 bits per heavy atom. The molecule has 2 heteroatoms. The van der Waals surface area contributed by atoms with Crippen LogP contribution in [0.3, 0.4) is 0 Å². The van der Waals surface area contributed by atoms with Gasteiger partial charge in [-0.15, -0.1) is 0 Å². The summed E-state index contributed by atoms with van der Waals surface area (Å²) < 4.78 is 5.33. The largest absolute Gasteiger partial charge is 0.489 e. The van der Waals surface area contributed by atoms with E-state index < -0.39 is 0 Å². The minimum absolute atomic E-state index is 0.546. The molecular weight excluding hydrogens is 162 g/mol. The molecule has 0 amide bonds. The predicted octanol–water partition coefficient (Wildman–Crippen LogP) is 2.98. The van der Waals surface area contributed by atoms with Gasteiger partial charge in [-0.2, -0.15) is 0 Å². The molecule has 0 aliphatic heterocycles. The van der Waals surface area contributed by atoms with E-state index in [0.29, 0.717) is 6.61 Å². The molecule has 0 radical (unpaired) electrons. The molecule has 0 saturated heterocycles. The van der Waals surface area contributed by atoms with Crippen molar-refractivity contribution in [3.63, 3.8) is 0 Å². The minimum Gasteiger partial charge on any atom is -0.489 e. The first-order valence-electron chi connectivity index (χ1n) is 4.49. The molecule has 0 unspecified atom stereocenters. The van der Waals surface area contributed by atoms with Gasteiger partial charge in [-0.05, 0) is 13.0 Å². The van der Waals surface area contributed by atoms with E-state index in [0.717, 1.165) is 11.3 Å². The molecule has 0 saturated carbocycles. The van der Waals surface area contributed by atoms with Crippen LogP contribution in [-0.4, -0.2) is 11.6 Å². The molecule has 0 aromatic carbocycles. The SMILES string of the molecule is C=CCOc1ccncc1C.CC. The Balaban J connectivity index is 0.000000671. The van der Waals surface area contributed by atoms with Gasteiger partial charge >= 0.3 is 0 Å². The predicted molar refractivity (Wildman–Crippen MR) is 56.0 cm³/mol. The van der Waals surface area contributed by atoms with E-state index in [9.17, 15) is 0 Å². The van der Waals surface area contributed by atoms with Crippen LogP contribution in [0.1, 0.15) is 19.4 Å². The van der Waals surface area contributed by atoms with Crippen LogP contribution in [0.25, 0.3) is 0 Å². The number of hydrogen-bond acceptors (Lipinski definition) is 2. The Kier molecular flexibility index (Phi) is 6.60. The number of aryl methyl sites for hydroxylation is 1. The molecule has 0 aliphatic rings. The summed E-state index contributed by atoms with van der Waals surface area (Å²) in [5.74, 6) is 0.875. The van der Waals surface area contributed by atoms with Crippen LogP contribution in [-0.2, 0) is 0 Å². The molecule has 0 aliphatic carbocycles. The van der Waals surface area contributed by atoms with Gasteiger partial charge in [0.2, 0.25) is 0 Å². The van der Waals surface area contributed by atoms with E-state index in [-0.39, 0.29) is 0 Å². The highest BCUT2D eigenvalue weighted by Crippen LogP contribution is 2.14. The fourth-order valence-corrected chi connectivity index (χ4v) is 0.771. The second-order valence-electron chi connectivity index (χ2n) is 2.24. The molecule has 1 rings (SSSR count). The highest BCUT2D eigenvalue weighted by atomic mass is 16.5. The van der Waals surface area contributed by atoms with Gasteiger partial charge in [-0.1, -0.05) is 26.5 Å². The Morgan fingerprint density at radius 2 is 2.23 bits per heavy atom. The Bertz CT molecular complexity index is 246. The van der Waals surface area contributed by atoms with Crippen molar-refractivity contribution in [2.24, 2.45) is 0 Å². The average Bonchev–Trinajstić information content (AvgIpc) is 2.20. The number of hydrogen-bond donors (Lipinski definition) is 0. The summed E-state index contributed by atoms with van der Waals surface area (Å²) in [6, 6.07) is 1.85. The second-order valence-corrected chi connectivity index (χ2v) is 2.24. The normalized spacial score (nSPS) is 8.23. The molecule has 0 N–H and O–H groups in total. The fraction of sp³-hybridized carbons (Fsp3) is 0.364. The van der Waals surface area contributed by atoms with Gasteiger partial charge in [0.15, 0.2) is 0 Å². The molecular formula is C11H17NO. The lowest BCUT2D eigenvalue weighted by Gasteiger charge is -2.04. The van der Waals surface area contributed by atoms with Crippen LogP contribution in [0, 0.1) is 6.92 Å². The third-order valence-corrected chi connectivity index (χ3v) is 1.33. The van der Waals surface area contributed by atoms with Gasteiger partial charge in [0.25, 0.3) is 0 Å². The lowest BCUT2D eigenvalue weighted by Crippen LogP contribution is -1.94. The van der Waals surface area contributed by atoms with Crippen molar-refractivity contribution in [2.45, 2.75) is 20.8 Å². The van der Waals surface area contributed by atoms with Crippen molar-refractivity contribution in [1.82, 2.24) is 4.98 Å². The number of rotatable bonds is 3. The Labute approximate surface area is 80.3 Å². The summed E-state index contributed by atoms with van der Waals surface area (Å²) in [5.41, 5.74) is 1.05. The summed E-state index contributed by atoms with van der Waals surface area (Å²) in [6.07, 6.45) is 5.21. The number of ether oxygens (including phenoxy) is 1. The molecule has 0 fully saturated rings. The van der Waals surface area contributed by atoms with Crippen molar-refractivity contribution in [3.05, 3.63) is 36.7 Å². The maximum Gasteiger partial charge on any atom is 0.125 e. The van der Waals surface area contributed by atoms with E-state index in [1.54, 1.807) is 18.5 Å². The molecule has 13 heavy (non-hydrogen) atoms. The Morgan fingerprint density at radius 1 is 1.54 bits per heavy atom. The summed E-state index contributed by atoms with van der Waals surface area (Å²) in [5, 5.41) is 0. The summed E-state index contributed by atoms with van der Waals surface area (Å²) >= 11 is 0. The zero-order valence-corrected chi connectivity index (χ0v) is 8.58. The summed E-state index contributed by atoms with van der Waals surface area (Å²) in [7, 11) is 0. The Hall–Kier alpha value is -1.31. The minimum atomic E-state index is 0.546. The number of aromatic nitrogens is 1. The quantitative estimate of drug-likeness (QED) is 0.665. The monoisotopic (exact) mass is 179 g/mol. The van der Waals surface area contributed by atoms with Crippen LogP contribution in [0.4, 0.5) is 0 Å². The molecule has 1 aromatic rings. The van der Waals surface area contributed by atoms with E-state index in [4.69, 9.17) is 4.74 Å². The van der Waals surface area contributed by atoms with E-state index in [1.807, 2.05) is 26.8 Å². The van der Waals surface area contributed by atoms with Crippen molar-refractivity contribution >= 4 is 0 Å². The summed E-state index contributed by atoms with van der Waals surface area (Å²) in [6.45, 7) is 10.1. The van der Waals surface area contributed by atoms with Crippen LogP contribution in [0.2, 0.25) is 0 Å². The lowest BCUT2D eigenvalue weighted by molar-refractivity contribution is 0.360. The maximum absolute atomic E-state index is 5.33. The van der Waals surface area contributed by atoms with Gasteiger partial charge in [0, 0.05) is 18.0 Å². The van der Waals surface area contributed by atoms with Crippen LogP contribution < -0.4 is 4.74 Å². The maximum atomic E-state index is 5.33. The van der Waals surface area contributed by atoms with Gasteiger partial charge in [-0.25, -0.2) is 0 Å². The molecule has 0 atom stereocenters. The van der Waals surface area contributed by atoms with E-state index in [1.165, 1.54) is 0 Å². The lowest BCUT2D eigenvalue weighted by atomic mass is 10.3. The van der Waals surface area contributed by atoms with Crippen molar-refractivity contribution < 1.29 is 4.74 Å².